The maximum Gasteiger partial charge on any atom is 0.302 e. The summed E-state index contributed by atoms with van der Waals surface area (Å²) in [7, 11) is 20.8. The number of hydrogen-bond acceptors (Lipinski definition) is 32. The van der Waals surface area contributed by atoms with Crippen LogP contribution >= 0.6 is 36.2 Å². The van der Waals surface area contributed by atoms with Gasteiger partial charge in [-0.25, -0.2) is 0 Å². The molecule has 99 heavy (non-hydrogen) atoms. The highest BCUT2D eigenvalue weighted by molar-refractivity contribution is 7.99. The number of aliphatic hydroxyl groups excluding tert-OH is 11. The van der Waals surface area contributed by atoms with E-state index in [4.69, 9.17) is 89.8 Å². The molecular formula is C66H162N6O24S3. The van der Waals surface area contributed by atoms with Gasteiger partial charge in [0.15, 0.2) is 0 Å². The van der Waals surface area contributed by atoms with E-state index in [0.29, 0.717) is 61.6 Å². The maximum absolute atomic E-state index is 10.1. The molecule has 30 nitrogen and oxygen atoms in total. The van der Waals surface area contributed by atoms with E-state index in [1.165, 1.54) is 20.9 Å². The number of nitrogens with zero attached hydrogens (tertiary/aromatic N) is 2. The third-order valence-corrected chi connectivity index (χ3v) is 10.6. The Kier molecular flexibility index (Phi) is 155. The van der Waals surface area contributed by atoms with Gasteiger partial charge in [0.1, 0.15) is 12.7 Å². The third kappa shape index (κ3) is 280. The molecule has 5 rings (SSSR count). The van der Waals surface area contributed by atoms with Crippen molar-refractivity contribution in [2.24, 2.45) is 5.73 Å². The molecule has 0 spiro atoms. The molecule has 5 fully saturated rings. The van der Waals surface area contributed by atoms with E-state index >= 15 is 0 Å². The van der Waals surface area contributed by atoms with Gasteiger partial charge < -0.3 is 135 Å². The number of ether oxygens (including phenoxy) is 9. The molecule has 0 saturated carbocycles. The molecule has 15 atom stereocenters. The number of nitrogens with two attached hydrogens (primary N) is 1. The van der Waals surface area contributed by atoms with Crippen molar-refractivity contribution < 1.29 is 118 Å². The zero-order valence-electron chi connectivity index (χ0n) is 68.3. The first kappa shape index (κ1) is 133. The highest BCUT2D eigenvalue weighted by Gasteiger charge is 2.15. The lowest BCUT2D eigenvalue weighted by Gasteiger charge is -2.15. The van der Waals surface area contributed by atoms with Crippen molar-refractivity contribution in [1.82, 2.24) is 25.8 Å². The number of rotatable bonds is 20. The maximum atomic E-state index is 10.1. The molecule has 0 amide bonds. The Morgan fingerprint density at radius 2 is 0.869 bits per heavy atom. The molecule has 0 radical (unpaired) electrons. The van der Waals surface area contributed by atoms with Gasteiger partial charge in [0.05, 0.1) is 140 Å². The summed E-state index contributed by atoms with van der Waals surface area (Å²) in [6, 6.07) is 0.532. The smallest absolute Gasteiger partial charge is 0.302 e. The highest BCUT2D eigenvalue weighted by atomic mass is 32.2. The van der Waals surface area contributed by atoms with Crippen LogP contribution in [0.1, 0.15) is 125 Å². The van der Waals surface area contributed by atoms with Crippen LogP contribution in [-0.4, -0.2) is 381 Å². The molecule has 5 heterocycles. The lowest BCUT2D eigenvalue weighted by Crippen LogP contribution is -2.27. The number of carbonyl (C=O) groups excluding carboxylic acids is 2. The standard InChI is InChI=1S/2C5H13NO.2C5H10O3.2C4H11NO.2C4H10O2.2C4H10OS.5C3H6O.C2H7N.C2H4O2.CH5N.CH4O.CH4S/c1-5(4-7)6(2)3;1-5(7)4-6(2)3;1-4(6)3-8-5(2)7;1-4(3-6)8-5(2)7;1-4(3-6)5-2;1-4(6)3-5-2;1-4(5)3-6-2;1-4(3-5)6-2;1-4(5)3-6-2;1-4(3-5)6-2;5*1-3-2-4-3;1-3-2;1-2(3)4;3*1-2/h2*5,7H,4H2,1-3H3;2*4,6H,3H2,1-2H3;2*4-6H,3H2,1-2H3;4*4-5H,3H2,1-2H3;5*3H,2H2,1H3;3H,1-2H3;1H3,(H,3,4);2H2,1H3;2*2H,1H3. The zero-order valence-corrected chi connectivity index (χ0v) is 70.8. The number of epoxide rings is 5. The lowest BCUT2D eigenvalue weighted by atomic mass is 10.3. The van der Waals surface area contributed by atoms with Crippen molar-refractivity contribution in [2.45, 2.75) is 215 Å². The Hall–Kier alpha value is -1.50. The summed E-state index contributed by atoms with van der Waals surface area (Å²) in [6.07, 6.45) is 6.77. The molecule has 0 aromatic rings. The van der Waals surface area contributed by atoms with E-state index in [-0.39, 0.29) is 87.6 Å². The number of carboxylic acids is 1. The van der Waals surface area contributed by atoms with Crippen molar-refractivity contribution in [3.05, 3.63) is 0 Å². The number of thiol groups is 1. The van der Waals surface area contributed by atoms with E-state index in [2.05, 4.69) is 87.9 Å². The predicted molar refractivity (Wildman–Crippen MR) is 414 cm³/mol. The molecular weight excluding hydrogens is 1360 g/mol. The minimum atomic E-state index is -0.833. The number of hydrogen-bond donors (Lipinski definition) is 17. The fourth-order valence-electron chi connectivity index (χ4n) is 2.75. The molecule has 33 heteroatoms. The van der Waals surface area contributed by atoms with Gasteiger partial charge >= 0.3 is 11.9 Å². The first-order chi connectivity index (χ1) is 45.9. The molecule has 15 unspecified atom stereocenters. The molecule has 0 aromatic carbocycles. The molecule has 0 aromatic heterocycles. The summed E-state index contributed by atoms with van der Waals surface area (Å²) in [5, 5.41) is 107. The molecule has 0 bridgehead atoms. The Bertz CT molecular complexity index is 1250. The quantitative estimate of drug-likeness (QED) is 0.0471. The summed E-state index contributed by atoms with van der Waals surface area (Å²) < 4.78 is 41.7. The first-order valence-electron chi connectivity index (χ1n) is 32.7. The van der Waals surface area contributed by atoms with Crippen molar-refractivity contribution in [3.63, 3.8) is 0 Å². The molecule has 5 aliphatic rings. The van der Waals surface area contributed by atoms with Crippen molar-refractivity contribution in [3.8, 4) is 0 Å². The monoisotopic (exact) mass is 1520 g/mol. The number of carbonyl (C=O) groups is 3. The van der Waals surface area contributed by atoms with E-state index in [1.807, 2.05) is 99.5 Å². The number of aliphatic carboxylic acids is 1. The van der Waals surface area contributed by atoms with Gasteiger partial charge in [0.25, 0.3) is 5.97 Å². The van der Waals surface area contributed by atoms with Crippen LogP contribution in [0.4, 0.5) is 0 Å². The van der Waals surface area contributed by atoms with Crippen LogP contribution in [0.2, 0.25) is 0 Å². The second kappa shape index (κ2) is 115. The second-order valence-corrected chi connectivity index (χ2v) is 24.1. The minimum Gasteiger partial charge on any atom is -0.481 e. The summed E-state index contributed by atoms with van der Waals surface area (Å²) in [4.78, 5) is 33.0. The first-order valence-corrected chi connectivity index (χ1v) is 36.3. The van der Waals surface area contributed by atoms with Crippen LogP contribution < -0.4 is 21.7 Å². The second-order valence-electron chi connectivity index (χ2n) is 21.9. The molecule has 5 saturated heterocycles. The summed E-state index contributed by atoms with van der Waals surface area (Å²) in [6.45, 7) is 39.5. The summed E-state index contributed by atoms with van der Waals surface area (Å²) >= 11 is 6.86. The van der Waals surface area contributed by atoms with Crippen LogP contribution in [0.3, 0.4) is 0 Å². The number of aliphatic hydroxyl groups is 11. The fourth-order valence-corrected chi connectivity index (χ4v) is 3.38. The Balaban J connectivity index is -0.0000000582. The zero-order chi connectivity index (χ0) is 82.1. The summed E-state index contributed by atoms with van der Waals surface area (Å²) in [5.74, 6) is -0.697. The topological polar surface area (TPSA) is 462 Å². The van der Waals surface area contributed by atoms with Gasteiger partial charge in [0, 0.05) is 78.3 Å². The van der Waals surface area contributed by atoms with Crippen molar-refractivity contribution >= 4 is 54.1 Å². The average Bonchev–Trinajstić information content (AvgIpc) is 2.04. The number of methoxy groups -OCH3 is 2. The normalized spacial score (nSPS) is 18.1. The Morgan fingerprint density at radius 1 is 0.556 bits per heavy atom. The van der Waals surface area contributed by atoms with E-state index in [0.717, 1.165) is 59.4 Å². The number of esters is 2. The average molecular weight is 1520 g/mol. The number of likely N-dealkylation sites (N-methyl/N-ethyl adjacent to an activating group) is 4. The van der Waals surface area contributed by atoms with E-state index in [1.54, 1.807) is 92.5 Å². The number of carboxylic acid groups (broad SMARTS) is 1. The molecule has 17 N–H and O–H groups in total. The van der Waals surface area contributed by atoms with Gasteiger partial charge in [-0.15, -0.1) is 0 Å². The molecule has 0 aliphatic carbocycles. The van der Waals surface area contributed by atoms with Gasteiger partial charge in [-0.2, -0.15) is 36.2 Å². The molecule has 5 aliphatic heterocycles. The Labute approximate surface area is 617 Å². The van der Waals surface area contributed by atoms with Crippen molar-refractivity contribution in [2.75, 3.05) is 202 Å². The number of thioether (sulfide) groups is 2. The fraction of sp³-hybridized carbons (Fsp3) is 0.955. The largest absolute Gasteiger partial charge is 0.481 e. The van der Waals surface area contributed by atoms with Crippen LogP contribution in [0.25, 0.3) is 0 Å². The minimum absolute atomic E-state index is 0.00926. The predicted octanol–water partition coefficient (Wildman–Crippen LogP) is 2.06. The lowest BCUT2D eigenvalue weighted by molar-refractivity contribution is -0.147. The van der Waals surface area contributed by atoms with Crippen LogP contribution in [0, 0.1) is 0 Å². The third-order valence-electron chi connectivity index (χ3n) is 8.83. The van der Waals surface area contributed by atoms with Crippen molar-refractivity contribution in [1.29, 1.82) is 0 Å². The van der Waals surface area contributed by atoms with E-state index < -0.39 is 12.1 Å². The van der Waals surface area contributed by atoms with Gasteiger partial charge in [-0.1, -0.05) is 6.92 Å². The number of nitrogens with one attached hydrogen (secondary N) is 3. The van der Waals surface area contributed by atoms with Gasteiger partial charge in [-0.05, 0) is 179 Å². The van der Waals surface area contributed by atoms with Crippen LogP contribution in [-0.2, 0) is 57.0 Å². The van der Waals surface area contributed by atoms with Crippen LogP contribution in [0.5, 0.6) is 0 Å². The summed E-state index contributed by atoms with van der Waals surface area (Å²) in [5.41, 5.74) is 4.50. The van der Waals surface area contributed by atoms with Gasteiger partial charge in [-0.3, -0.25) is 14.4 Å². The van der Waals surface area contributed by atoms with Gasteiger partial charge in [0.2, 0.25) is 0 Å². The van der Waals surface area contributed by atoms with E-state index in [9.17, 15) is 9.59 Å². The SMILES string of the molecule is CC(=O)O.CC(=O)OC(C)CO.CC(=O)OCC(C)O.CC(CO)N(C)C.CC(O)CN(C)C.CC1CO1.CC1CO1.CC1CO1.CC1CO1.CC1CO1.CN.CNC.CNC(C)CO.CNCC(C)O.CO.COC(C)CO.COCC(C)O.CS.CSC(C)CO.CSCC(C)O. The van der Waals surface area contributed by atoms with Crippen LogP contribution in [0.15, 0.2) is 0 Å². The molecule has 618 valence electrons. The highest BCUT2D eigenvalue weighted by Crippen LogP contribution is 2.06. The Morgan fingerprint density at radius 3 is 0.889 bits per heavy atom.